The number of aromatic hydroxyl groups is 1. The molecule has 2 rings (SSSR count). The summed E-state index contributed by atoms with van der Waals surface area (Å²) in [6.45, 7) is 5.82. The summed E-state index contributed by atoms with van der Waals surface area (Å²) in [6.07, 6.45) is -0.291. The Kier molecular flexibility index (Phi) is 5.96. The van der Waals surface area contributed by atoms with Crippen LogP contribution in [0.1, 0.15) is 36.5 Å². The molecule has 0 aliphatic heterocycles. The fourth-order valence-electron chi connectivity index (χ4n) is 2.44. The minimum atomic E-state index is -4.10. The zero-order valence-corrected chi connectivity index (χ0v) is 16.7. The van der Waals surface area contributed by atoms with Gasteiger partial charge >= 0.3 is 7.60 Å². The molecule has 0 amide bonds. The molecule has 0 bridgehead atoms. The first-order valence-electron chi connectivity index (χ1n) is 7.41. The Bertz CT molecular complexity index is 775. The van der Waals surface area contributed by atoms with Crippen molar-refractivity contribution in [3.05, 3.63) is 50.6 Å². The lowest BCUT2D eigenvalue weighted by molar-refractivity contribution is 0.371. The molecule has 0 fully saturated rings. The number of halogens is 1. The third-order valence-corrected chi connectivity index (χ3v) is 5.10. The van der Waals surface area contributed by atoms with Crippen molar-refractivity contribution < 1.29 is 24.2 Å². The summed E-state index contributed by atoms with van der Waals surface area (Å²) in [7, 11) is -4.10. The van der Waals surface area contributed by atoms with Crippen LogP contribution in [0.15, 0.2) is 30.3 Å². The largest absolute Gasteiger partial charge is 0.508 e. The number of rotatable bonds is 5. The van der Waals surface area contributed by atoms with Gasteiger partial charge < -0.3 is 19.6 Å². The standard InChI is InChI=1S/C17H20IO5P/c1-10(2)14-8-13(4-5-16(14)19)23-17-11(3)6-12(7-15(17)18)9-24(20,21)22/h4-8,10,19H,9H2,1-3H3,(H2,20,21,22). The van der Waals surface area contributed by atoms with Crippen molar-refractivity contribution in [2.24, 2.45) is 0 Å². The Morgan fingerprint density at radius 2 is 1.88 bits per heavy atom. The highest BCUT2D eigenvalue weighted by Gasteiger charge is 2.17. The van der Waals surface area contributed by atoms with E-state index in [0.717, 1.165) is 14.7 Å². The maximum atomic E-state index is 11.2. The summed E-state index contributed by atoms with van der Waals surface area (Å²) in [5, 5.41) is 9.89. The molecule has 0 saturated carbocycles. The second-order valence-corrected chi connectivity index (χ2v) is 8.83. The molecule has 5 nitrogen and oxygen atoms in total. The third-order valence-electron chi connectivity index (χ3n) is 3.52. The van der Waals surface area contributed by atoms with Gasteiger partial charge in [-0.3, -0.25) is 4.57 Å². The highest BCUT2D eigenvalue weighted by molar-refractivity contribution is 14.1. The first-order valence-corrected chi connectivity index (χ1v) is 10.3. The Hall–Kier alpha value is -1.08. The third kappa shape index (κ3) is 4.96. The van der Waals surface area contributed by atoms with E-state index in [1.165, 1.54) is 0 Å². The Morgan fingerprint density at radius 1 is 1.21 bits per heavy atom. The average molecular weight is 462 g/mol. The lowest BCUT2D eigenvalue weighted by atomic mass is 10.0. The molecule has 0 saturated heterocycles. The van der Waals surface area contributed by atoms with Crippen molar-refractivity contribution in [3.8, 4) is 17.2 Å². The topological polar surface area (TPSA) is 87.0 Å². The second kappa shape index (κ2) is 7.44. The Balaban J connectivity index is 2.34. The maximum absolute atomic E-state index is 11.2. The van der Waals surface area contributed by atoms with Gasteiger partial charge in [0.2, 0.25) is 0 Å². The maximum Gasteiger partial charge on any atom is 0.329 e. The second-order valence-electron chi connectivity index (χ2n) is 6.02. The monoisotopic (exact) mass is 462 g/mol. The fraction of sp³-hybridized carbons (Fsp3) is 0.294. The summed E-state index contributed by atoms with van der Waals surface area (Å²) < 4.78 is 17.9. The average Bonchev–Trinajstić information content (AvgIpc) is 2.42. The van der Waals surface area contributed by atoms with Crippen LogP contribution >= 0.6 is 30.2 Å². The predicted molar refractivity (Wildman–Crippen MR) is 102 cm³/mol. The predicted octanol–water partition coefficient (Wildman–Crippen LogP) is 4.90. The van der Waals surface area contributed by atoms with E-state index < -0.39 is 7.60 Å². The van der Waals surface area contributed by atoms with Crippen LogP contribution in [-0.4, -0.2) is 14.9 Å². The zero-order valence-electron chi connectivity index (χ0n) is 13.7. The van der Waals surface area contributed by atoms with Gasteiger partial charge in [0.15, 0.2) is 0 Å². The fourth-order valence-corrected chi connectivity index (χ4v) is 4.03. The van der Waals surface area contributed by atoms with Crippen molar-refractivity contribution in [2.45, 2.75) is 32.9 Å². The van der Waals surface area contributed by atoms with E-state index in [1.54, 1.807) is 30.3 Å². The Morgan fingerprint density at radius 3 is 2.42 bits per heavy atom. The van der Waals surface area contributed by atoms with E-state index in [4.69, 9.17) is 14.5 Å². The van der Waals surface area contributed by atoms with Crippen LogP contribution in [0.4, 0.5) is 0 Å². The zero-order chi connectivity index (χ0) is 18.1. The molecular formula is C17H20IO5P. The number of phenolic OH excluding ortho intramolecular Hbond substituents is 1. The molecule has 0 aromatic heterocycles. The van der Waals surface area contributed by atoms with Gasteiger partial charge in [-0.2, -0.15) is 0 Å². The molecule has 3 N–H and O–H groups in total. The van der Waals surface area contributed by atoms with Crippen LogP contribution in [0.5, 0.6) is 17.2 Å². The van der Waals surface area contributed by atoms with Crippen LogP contribution in [0, 0.1) is 10.5 Å². The van der Waals surface area contributed by atoms with E-state index >= 15 is 0 Å². The number of hydrogen-bond donors (Lipinski definition) is 3. The molecule has 0 unspecified atom stereocenters. The lowest BCUT2D eigenvalue weighted by Crippen LogP contribution is -1.96. The van der Waals surface area contributed by atoms with E-state index in [-0.39, 0.29) is 17.8 Å². The molecule has 7 heteroatoms. The summed E-state index contributed by atoms with van der Waals surface area (Å²) in [5.74, 6) is 1.66. The van der Waals surface area contributed by atoms with Crippen molar-refractivity contribution >= 4 is 30.2 Å². The van der Waals surface area contributed by atoms with Crippen LogP contribution in [-0.2, 0) is 10.7 Å². The van der Waals surface area contributed by atoms with E-state index in [2.05, 4.69) is 22.6 Å². The number of hydrogen-bond acceptors (Lipinski definition) is 3. The molecule has 24 heavy (non-hydrogen) atoms. The molecule has 0 spiro atoms. The number of benzene rings is 2. The van der Waals surface area contributed by atoms with Gasteiger partial charge in [0, 0.05) is 5.56 Å². The van der Waals surface area contributed by atoms with Crippen molar-refractivity contribution in [1.82, 2.24) is 0 Å². The lowest BCUT2D eigenvalue weighted by Gasteiger charge is -2.15. The molecule has 0 atom stereocenters. The van der Waals surface area contributed by atoms with Gasteiger partial charge in [-0.15, -0.1) is 0 Å². The van der Waals surface area contributed by atoms with Gasteiger partial charge in [0.1, 0.15) is 17.2 Å². The minimum absolute atomic E-state index is 0.166. The Labute approximate surface area is 155 Å². The normalized spacial score (nSPS) is 11.8. The van der Waals surface area contributed by atoms with Gasteiger partial charge in [0.05, 0.1) is 9.73 Å². The number of ether oxygens (including phenoxy) is 1. The molecule has 0 aliphatic rings. The van der Waals surface area contributed by atoms with Crippen molar-refractivity contribution in [1.29, 1.82) is 0 Å². The first-order chi connectivity index (χ1) is 11.1. The highest BCUT2D eigenvalue weighted by Crippen LogP contribution is 2.41. The summed E-state index contributed by atoms with van der Waals surface area (Å²) in [5.41, 5.74) is 2.17. The molecular weight excluding hydrogens is 442 g/mol. The van der Waals surface area contributed by atoms with Gasteiger partial charge in [-0.05, 0) is 70.8 Å². The van der Waals surface area contributed by atoms with E-state index in [9.17, 15) is 9.67 Å². The van der Waals surface area contributed by atoms with Gasteiger partial charge in [0.25, 0.3) is 0 Å². The van der Waals surface area contributed by atoms with Crippen molar-refractivity contribution in [2.75, 3.05) is 0 Å². The van der Waals surface area contributed by atoms with Crippen LogP contribution in [0.25, 0.3) is 0 Å². The molecule has 2 aromatic carbocycles. The van der Waals surface area contributed by atoms with Gasteiger partial charge in [-0.1, -0.05) is 19.9 Å². The molecule has 0 heterocycles. The summed E-state index contributed by atoms with van der Waals surface area (Å²) in [4.78, 5) is 18.2. The van der Waals surface area contributed by atoms with Gasteiger partial charge in [-0.25, -0.2) is 0 Å². The number of phenols is 1. The van der Waals surface area contributed by atoms with E-state index in [1.807, 2.05) is 20.8 Å². The first kappa shape index (κ1) is 19.2. The van der Waals surface area contributed by atoms with E-state index in [0.29, 0.717) is 17.1 Å². The molecule has 0 radical (unpaired) electrons. The summed E-state index contributed by atoms with van der Waals surface area (Å²) >= 11 is 2.09. The minimum Gasteiger partial charge on any atom is -0.508 e. The smallest absolute Gasteiger partial charge is 0.329 e. The molecule has 2 aromatic rings. The van der Waals surface area contributed by atoms with Crippen LogP contribution in [0.2, 0.25) is 0 Å². The SMILES string of the molecule is Cc1cc(CP(=O)(O)O)cc(I)c1Oc1ccc(O)c(C(C)C)c1. The van der Waals surface area contributed by atoms with Crippen LogP contribution in [0.3, 0.4) is 0 Å². The van der Waals surface area contributed by atoms with Crippen LogP contribution < -0.4 is 4.74 Å². The molecule has 0 aliphatic carbocycles. The quantitative estimate of drug-likeness (QED) is 0.435. The highest BCUT2D eigenvalue weighted by atomic mass is 127. The van der Waals surface area contributed by atoms with Crippen molar-refractivity contribution in [3.63, 3.8) is 0 Å². The number of aryl methyl sites for hydroxylation is 1. The molecule has 130 valence electrons. The summed E-state index contributed by atoms with van der Waals surface area (Å²) in [6, 6.07) is 8.54.